The average Bonchev–Trinajstić information content (AvgIpc) is 1.99. The summed E-state index contributed by atoms with van der Waals surface area (Å²) >= 11 is 8.54. The topological polar surface area (TPSA) is 26.0 Å². The van der Waals surface area contributed by atoms with Crippen molar-refractivity contribution in [2.75, 3.05) is 5.73 Å². The molecule has 0 amide bonds. The molecule has 0 saturated heterocycles. The molecule has 2 N–H and O–H groups in total. The lowest BCUT2D eigenvalue weighted by atomic mass is 10.1. The summed E-state index contributed by atoms with van der Waals surface area (Å²) in [5.74, 6) is 0. The highest BCUT2D eigenvalue weighted by Crippen LogP contribution is 2.38. The van der Waals surface area contributed by atoms with E-state index in [1.54, 1.807) is 0 Å². The maximum atomic E-state index is 12.5. The Bertz CT molecular complexity index is 351. The number of nitrogens with two attached hydrogens (primary N) is 1. The highest BCUT2D eigenvalue weighted by Gasteiger charge is 2.35. The molecule has 0 saturated carbocycles. The summed E-state index contributed by atoms with van der Waals surface area (Å²) in [6, 6.07) is 2.34. The second-order valence-corrected chi connectivity index (χ2v) is 3.66. The number of anilines is 1. The Labute approximate surface area is 92.2 Å². The molecule has 6 heteroatoms. The average molecular weight is 288 g/mol. The molecule has 0 unspecified atom stereocenters. The normalized spacial score (nSPS) is 11.8. The van der Waals surface area contributed by atoms with Gasteiger partial charge in [0.1, 0.15) is 0 Å². The molecule has 0 aliphatic heterocycles. The van der Waals surface area contributed by atoms with Gasteiger partial charge in [-0.3, -0.25) is 0 Å². The molecule has 0 aliphatic rings. The monoisotopic (exact) mass is 287 g/mol. The Hall–Kier alpha value is -0.420. The van der Waals surface area contributed by atoms with Crippen molar-refractivity contribution in [3.05, 3.63) is 28.3 Å². The van der Waals surface area contributed by atoms with Crippen molar-refractivity contribution in [3.63, 3.8) is 0 Å². The van der Waals surface area contributed by atoms with E-state index in [-0.39, 0.29) is 21.6 Å². The van der Waals surface area contributed by atoms with Gasteiger partial charge in [0.15, 0.2) is 0 Å². The molecular formula is C8H6BrClF3N. The van der Waals surface area contributed by atoms with Crippen molar-refractivity contribution < 1.29 is 13.2 Å². The number of alkyl halides is 4. The van der Waals surface area contributed by atoms with E-state index >= 15 is 0 Å². The fourth-order valence-corrected chi connectivity index (χ4v) is 1.83. The minimum atomic E-state index is -4.45. The first-order valence-corrected chi connectivity index (χ1v) is 5.07. The van der Waals surface area contributed by atoms with E-state index in [0.717, 1.165) is 6.07 Å². The molecular weight excluding hydrogens is 282 g/mol. The van der Waals surface area contributed by atoms with Crippen LogP contribution >= 0.6 is 27.5 Å². The van der Waals surface area contributed by atoms with Crippen molar-refractivity contribution >= 4 is 33.2 Å². The van der Waals surface area contributed by atoms with Gasteiger partial charge in [-0.1, -0.05) is 27.5 Å². The maximum absolute atomic E-state index is 12.5. The molecule has 0 atom stereocenters. The minimum Gasteiger partial charge on any atom is -0.398 e. The van der Waals surface area contributed by atoms with Crippen LogP contribution in [0.25, 0.3) is 0 Å². The van der Waals surface area contributed by atoms with Crippen LogP contribution in [0, 0.1) is 0 Å². The molecule has 0 radical (unpaired) electrons. The number of hydrogen-bond donors (Lipinski definition) is 1. The Morgan fingerprint density at radius 1 is 1.36 bits per heavy atom. The zero-order valence-electron chi connectivity index (χ0n) is 6.83. The van der Waals surface area contributed by atoms with Crippen molar-refractivity contribution in [1.29, 1.82) is 0 Å². The van der Waals surface area contributed by atoms with Gasteiger partial charge in [-0.2, -0.15) is 13.2 Å². The summed E-state index contributed by atoms with van der Waals surface area (Å²) in [6.07, 6.45) is -4.45. The van der Waals surface area contributed by atoms with Crippen LogP contribution in [0.15, 0.2) is 12.1 Å². The van der Waals surface area contributed by atoms with Crippen LogP contribution in [-0.4, -0.2) is 0 Å². The molecule has 0 spiro atoms. The smallest absolute Gasteiger partial charge is 0.398 e. The first-order chi connectivity index (χ1) is 6.36. The van der Waals surface area contributed by atoms with E-state index in [9.17, 15) is 13.2 Å². The number of rotatable bonds is 1. The molecule has 0 heterocycles. The van der Waals surface area contributed by atoms with Crippen LogP contribution in [0.2, 0.25) is 5.02 Å². The van der Waals surface area contributed by atoms with E-state index in [2.05, 4.69) is 15.9 Å². The summed E-state index contributed by atoms with van der Waals surface area (Å²) in [4.78, 5) is 0. The predicted octanol–water partition coefficient (Wildman–Crippen LogP) is 3.84. The van der Waals surface area contributed by atoms with Gasteiger partial charge in [-0.05, 0) is 17.7 Å². The van der Waals surface area contributed by atoms with E-state index in [1.807, 2.05) is 0 Å². The summed E-state index contributed by atoms with van der Waals surface area (Å²) < 4.78 is 37.5. The molecule has 1 nitrogen and oxygen atoms in total. The van der Waals surface area contributed by atoms with Gasteiger partial charge in [-0.15, -0.1) is 0 Å². The number of halogens is 5. The zero-order chi connectivity index (χ0) is 10.9. The quantitative estimate of drug-likeness (QED) is 0.617. The largest absolute Gasteiger partial charge is 0.418 e. The van der Waals surface area contributed by atoms with Gasteiger partial charge >= 0.3 is 6.18 Å². The molecule has 78 valence electrons. The SMILES string of the molecule is Nc1cc(Cl)cc(CBr)c1C(F)(F)F. The highest BCUT2D eigenvalue weighted by molar-refractivity contribution is 9.08. The molecule has 1 rings (SSSR count). The third-order valence-electron chi connectivity index (χ3n) is 1.64. The standard InChI is InChI=1S/C8H6BrClF3N/c9-3-4-1-5(10)2-6(14)7(4)8(11,12)13/h1-2H,3,14H2. The summed E-state index contributed by atoms with van der Waals surface area (Å²) in [6.45, 7) is 0. The zero-order valence-corrected chi connectivity index (χ0v) is 9.17. The van der Waals surface area contributed by atoms with Gasteiger partial charge < -0.3 is 5.73 Å². The molecule has 1 aromatic rings. The lowest BCUT2D eigenvalue weighted by Gasteiger charge is -2.14. The Morgan fingerprint density at radius 2 is 1.93 bits per heavy atom. The Balaban J connectivity index is 3.40. The molecule has 0 aliphatic carbocycles. The molecule has 0 fully saturated rings. The Kier molecular flexibility index (Phi) is 3.32. The van der Waals surface area contributed by atoms with E-state index in [4.69, 9.17) is 17.3 Å². The van der Waals surface area contributed by atoms with E-state index in [1.165, 1.54) is 6.07 Å². The van der Waals surface area contributed by atoms with Crippen LogP contribution in [0.5, 0.6) is 0 Å². The van der Waals surface area contributed by atoms with Gasteiger partial charge in [0.05, 0.1) is 5.56 Å². The van der Waals surface area contributed by atoms with Gasteiger partial charge in [0, 0.05) is 16.0 Å². The van der Waals surface area contributed by atoms with Gasteiger partial charge in [0.2, 0.25) is 0 Å². The lowest BCUT2D eigenvalue weighted by molar-refractivity contribution is -0.137. The third kappa shape index (κ3) is 2.33. The summed E-state index contributed by atoms with van der Waals surface area (Å²) in [7, 11) is 0. The molecule has 0 bridgehead atoms. The van der Waals surface area contributed by atoms with Crippen LogP contribution in [-0.2, 0) is 11.5 Å². The number of benzene rings is 1. The fraction of sp³-hybridized carbons (Fsp3) is 0.250. The van der Waals surface area contributed by atoms with Gasteiger partial charge in [-0.25, -0.2) is 0 Å². The summed E-state index contributed by atoms with van der Waals surface area (Å²) in [5.41, 5.74) is 4.13. The minimum absolute atomic E-state index is 0.0440. The van der Waals surface area contributed by atoms with Crippen LogP contribution < -0.4 is 5.73 Å². The van der Waals surface area contributed by atoms with Crippen molar-refractivity contribution in [1.82, 2.24) is 0 Å². The fourth-order valence-electron chi connectivity index (χ4n) is 1.14. The van der Waals surface area contributed by atoms with Gasteiger partial charge in [0.25, 0.3) is 0 Å². The maximum Gasteiger partial charge on any atom is 0.418 e. The molecule has 1 aromatic carbocycles. The Morgan fingerprint density at radius 3 is 2.36 bits per heavy atom. The number of nitrogen functional groups attached to an aromatic ring is 1. The number of hydrogen-bond acceptors (Lipinski definition) is 1. The second-order valence-electron chi connectivity index (χ2n) is 2.66. The predicted molar refractivity (Wildman–Crippen MR) is 53.5 cm³/mol. The van der Waals surface area contributed by atoms with E-state index < -0.39 is 11.7 Å². The van der Waals surface area contributed by atoms with E-state index in [0.29, 0.717) is 0 Å². The molecule has 0 aromatic heterocycles. The summed E-state index contributed by atoms with van der Waals surface area (Å²) in [5, 5.41) is 0.261. The van der Waals surface area contributed by atoms with Crippen molar-refractivity contribution in [2.45, 2.75) is 11.5 Å². The first-order valence-electron chi connectivity index (χ1n) is 3.57. The lowest BCUT2D eigenvalue weighted by Crippen LogP contribution is -2.12. The third-order valence-corrected chi connectivity index (χ3v) is 2.47. The van der Waals surface area contributed by atoms with Crippen LogP contribution in [0.3, 0.4) is 0 Å². The van der Waals surface area contributed by atoms with Crippen molar-refractivity contribution in [3.8, 4) is 0 Å². The molecule has 14 heavy (non-hydrogen) atoms. The van der Waals surface area contributed by atoms with Crippen molar-refractivity contribution in [2.24, 2.45) is 0 Å². The van der Waals surface area contributed by atoms with Crippen LogP contribution in [0.4, 0.5) is 18.9 Å². The second kappa shape index (κ2) is 3.98. The highest BCUT2D eigenvalue weighted by atomic mass is 79.9. The van der Waals surface area contributed by atoms with Crippen LogP contribution in [0.1, 0.15) is 11.1 Å². The first kappa shape index (κ1) is 11.7.